The van der Waals surface area contributed by atoms with Crippen molar-refractivity contribution < 1.29 is 13.2 Å². The summed E-state index contributed by atoms with van der Waals surface area (Å²) >= 11 is 0. The number of anilines is 2. The van der Waals surface area contributed by atoms with Crippen LogP contribution in [0.2, 0.25) is 0 Å². The van der Waals surface area contributed by atoms with Gasteiger partial charge in [0, 0.05) is 42.5 Å². The van der Waals surface area contributed by atoms with E-state index in [1.807, 2.05) is 0 Å². The molecule has 0 bridgehead atoms. The summed E-state index contributed by atoms with van der Waals surface area (Å²) in [5.41, 5.74) is 3.49. The van der Waals surface area contributed by atoms with Gasteiger partial charge in [-0.3, -0.25) is 0 Å². The number of nitrogens with zero attached hydrogens (tertiary/aromatic N) is 1. The molecule has 3 aromatic rings. The molecule has 26 heavy (non-hydrogen) atoms. The van der Waals surface area contributed by atoms with Crippen molar-refractivity contribution in [3.05, 3.63) is 53.3 Å². The van der Waals surface area contributed by atoms with E-state index in [1.165, 1.54) is 6.07 Å². The molecule has 0 radical (unpaired) electrons. The summed E-state index contributed by atoms with van der Waals surface area (Å²) in [5.74, 6) is 0. The number of alkyl halides is 3. The quantitative estimate of drug-likeness (QED) is 0.574. The van der Waals surface area contributed by atoms with Crippen LogP contribution >= 0.6 is 24.8 Å². The van der Waals surface area contributed by atoms with E-state index in [9.17, 15) is 13.2 Å². The summed E-state index contributed by atoms with van der Waals surface area (Å²) in [5, 5.41) is 7.35. The van der Waals surface area contributed by atoms with E-state index in [1.54, 1.807) is 18.3 Å². The number of aromatic amines is 1. The first-order valence-electron chi connectivity index (χ1n) is 7.66. The van der Waals surface area contributed by atoms with Crippen LogP contribution in [0.1, 0.15) is 16.8 Å². The standard InChI is InChI=1S/C17H15F3N4.2ClH/c18-17(19,20)10-2-1-3-11(8-10)23-14-5-7-22-16-15(14)12-9-21-6-4-13(12)24-16;;/h1-3,5,7-8,21H,4,6,9H2,(H2,22,23,24);2*1H. The Labute approximate surface area is 160 Å². The van der Waals surface area contributed by atoms with Crippen LogP contribution in [0.25, 0.3) is 11.0 Å². The molecular formula is C17H17Cl2F3N4. The van der Waals surface area contributed by atoms with Gasteiger partial charge < -0.3 is 15.6 Å². The van der Waals surface area contributed by atoms with Crippen molar-refractivity contribution in [2.45, 2.75) is 19.1 Å². The second-order valence-corrected chi connectivity index (χ2v) is 5.79. The summed E-state index contributed by atoms with van der Waals surface area (Å²) < 4.78 is 38.7. The summed E-state index contributed by atoms with van der Waals surface area (Å²) in [6.45, 7) is 1.62. The zero-order valence-electron chi connectivity index (χ0n) is 13.5. The highest BCUT2D eigenvalue weighted by molar-refractivity contribution is 5.95. The van der Waals surface area contributed by atoms with Crippen LogP contribution < -0.4 is 10.6 Å². The van der Waals surface area contributed by atoms with E-state index in [4.69, 9.17) is 0 Å². The predicted molar refractivity (Wildman–Crippen MR) is 101 cm³/mol. The topological polar surface area (TPSA) is 52.7 Å². The fourth-order valence-electron chi connectivity index (χ4n) is 3.10. The molecule has 4 nitrogen and oxygen atoms in total. The van der Waals surface area contributed by atoms with Crippen molar-refractivity contribution >= 4 is 47.2 Å². The van der Waals surface area contributed by atoms with Gasteiger partial charge in [0.1, 0.15) is 5.65 Å². The minimum absolute atomic E-state index is 0. The Hall–Kier alpha value is -1.96. The largest absolute Gasteiger partial charge is 0.416 e. The number of hydrogen-bond donors (Lipinski definition) is 3. The van der Waals surface area contributed by atoms with E-state index >= 15 is 0 Å². The van der Waals surface area contributed by atoms with Crippen molar-refractivity contribution in [2.75, 3.05) is 11.9 Å². The molecule has 0 unspecified atom stereocenters. The number of pyridine rings is 1. The van der Waals surface area contributed by atoms with Crippen molar-refractivity contribution in [1.29, 1.82) is 0 Å². The summed E-state index contributed by atoms with van der Waals surface area (Å²) in [6, 6.07) is 6.99. The Morgan fingerprint density at radius 1 is 1.12 bits per heavy atom. The second kappa shape index (κ2) is 7.73. The number of rotatable bonds is 2. The minimum Gasteiger partial charge on any atom is -0.355 e. The van der Waals surface area contributed by atoms with Crippen molar-refractivity contribution in [3.8, 4) is 0 Å². The van der Waals surface area contributed by atoms with E-state index in [-0.39, 0.29) is 24.8 Å². The van der Waals surface area contributed by atoms with E-state index in [2.05, 4.69) is 20.6 Å². The number of fused-ring (bicyclic) bond motifs is 3. The Balaban J connectivity index is 0.00000121. The Bertz CT molecular complexity index is 909. The predicted octanol–water partition coefficient (Wildman–Crippen LogP) is 4.81. The van der Waals surface area contributed by atoms with E-state index < -0.39 is 11.7 Å². The van der Waals surface area contributed by atoms with Crippen LogP contribution in [0.4, 0.5) is 24.5 Å². The summed E-state index contributed by atoms with van der Waals surface area (Å²) in [4.78, 5) is 7.65. The van der Waals surface area contributed by atoms with Crippen LogP contribution in [-0.4, -0.2) is 16.5 Å². The molecule has 0 fully saturated rings. The van der Waals surface area contributed by atoms with Crippen LogP contribution in [0.15, 0.2) is 36.5 Å². The first-order valence-corrected chi connectivity index (χ1v) is 7.66. The summed E-state index contributed by atoms with van der Waals surface area (Å²) in [7, 11) is 0. The van der Waals surface area contributed by atoms with Gasteiger partial charge in [-0.1, -0.05) is 6.07 Å². The minimum atomic E-state index is -4.36. The van der Waals surface area contributed by atoms with Crippen LogP contribution in [0.5, 0.6) is 0 Å². The number of halogens is 5. The lowest BCUT2D eigenvalue weighted by Crippen LogP contribution is -2.23. The van der Waals surface area contributed by atoms with Gasteiger partial charge in [-0.25, -0.2) is 4.98 Å². The van der Waals surface area contributed by atoms with Gasteiger partial charge in [0.05, 0.1) is 11.3 Å². The van der Waals surface area contributed by atoms with Gasteiger partial charge in [-0.15, -0.1) is 24.8 Å². The molecule has 4 rings (SSSR count). The molecule has 3 heterocycles. The molecule has 0 spiro atoms. The maximum Gasteiger partial charge on any atom is 0.416 e. The number of aromatic nitrogens is 2. The lowest BCUT2D eigenvalue weighted by atomic mass is 10.1. The van der Waals surface area contributed by atoms with Gasteiger partial charge in [-0.2, -0.15) is 13.2 Å². The van der Waals surface area contributed by atoms with Crippen LogP contribution in [0.3, 0.4) is 0 Å². The highest BCUT2D eigenvalue weighted by Gasteiger charge is 2.30. The van der Waals surface area contributed by atoms with Gasteiger partial charge in [0.2, 0.25) is 0 Å². The monoisotopic (exact) mass is 404 g/mol. The average molecular weight is 405 g/mol. The third kappa shape index (κ3) is 3.75. The van der Waals surface area contributed by atoms with Gasteiger partial charge >= 0.3 is 6.18 Å². The van der Waals surface area contributed by atoms with Crippen LogP contribution in [-0.2, 0) is 19.1 Å². The Kier molecular flexibility index (Phi) is 6.05. The lowest BCUT2D eigenvalue weighted by Gasteiger charge is -2.15. The Morgan fingerprint density at radius 3 is 2.69 bits per heavy atom. The average Bonchev–Trinajstić information content (AvgIpc) is 2.94. The van der Waals surface area contributed by atoms with Crippen LogP contribution in [0, 0.1) is 0 Å². The van der Waals surface area contributed by atoms with E-state index in [0.29, 0.717) is 5.69 Å². The molecular weight excluding hydrogens is 388 g/mol. The highest BCUT2D eigenvalue weighted by Crippen LogP contribution is 2.34. The molecule has 1 aliphatic heterocycles. The molecule has 3 N–H and O–H groups in total. The molecule has 0 aliphatic carbocycles. The van der Waals surface area contributed by atoms with Gasteiger partial charge in [-0.05, 0) is 29.8 Å². The smallest absolute Gasteiger partial charge is 0.355 e. The molecule has 140 valence electrons. The fourth-order valence-corrected chi connectivity index (χ4v) is 3.10. The number of benzene rings is 1. The highest BCUT2D eigenvalue weighted by atomic mass is 35.5. The molecule has 2 aromatic heterocycles. The third-order valence-electron chi connectivity index (χ3n) is 4.21. The van der Waals surface area contributed by atoms with Gasteiger partial charge in [0.25, 0.3) is 0 Å². The number of H-pyrrole nitrogens is 1. The first kappa shape index (κ1) is 20.4. The van der Waals surface area contributed by atoms with Crippen molar-refractivity contribution in [2.24, 2.45) is 0 Å². The molecule has 0 saturated carbocycles. The molecule has 0 saturated heterocycles. The zero-order valence-corrected chi connectivity index (χ0v) is 15.1. The fraction of sp³-hybridized carbons (Fsp3) is 0.235. The van der Waals surface area contributed by atoms with Crippen molar-refractivity contribution in [3.63, 3.8) is 0 Å². The third-order valence-corrected chi connectivity index (χ3v) is 4.21. The zero-order chi connectivity index (χ0) is 16.7. The van der Waals surface area contributed by atoms with E-state index in [0.717, 1.165) is 59.6 Å². The second-order valence-electron chi connectivity index (χ2n) is 5.79. The molecule has 1 aromatic carbocycles. The first-order chi connectivity index (χ1) is 11.5. The SMILES string of the molecule is Cl.Cl.FC(F)(F)c1cccc(Nc2ccnc3[nH]c4c(c23)CNCC4)c1. The molecule has 0 amide bonds. The number of hydrogen-bond acceptors (Lipinski definition) is 3. The maximum atomic E-state index is 12.9. The van der Waals surface area contributed by atoms with Gasteiger partial charge in [0.15, 0.2) is 0 Å². The normalized spacial score (nSPS) is 13.5. The summed E-state index contributed by atoms with van der Waals surface area (Å²) in [6.07, 6.45) is -1.83. The molecule has 1 aliphatic rings. The molecule has 9 heteroatoms. The number of nitrogens with one attached hydrogen (secondary N) is 3. The lowest BCUT2D eigenvalue weighted by molar-refractivity contribution is -0.137. The Morgan fingerprint density at radius 2 is 1.92 bits per heavy atom. The maximum absolute atomic E-state index is 12.9. The molecule has 0 atom stereocenters. The van der Waals surface area contributed by atoms with Crippen molar-refractivity contribution in [1.82, 2.24) is 15.3 Å².